The summed E-state index contributed by atoms with van der Waals surface area (Å²) in [7, 11) is 0. The van der Waals surface area contributed by atoms with Crippen LogP contribution in [0.5, 0.6) is 5.75 Å². The van der Waals surface area contributed by atoms with Crippen LogP contribution in [-0.2, 0) is 13.0 Å². The standard InChI is InChI=1S/C19H21NO/c1-13-10-16-11-14(6-9-19(16)21-13)18-5-3-2-4-15(18)12-20-17-7-8-17/h2-6,9,11,13,17,20H,7-8,10,12H2,1H3. The molecule has 1 atom stereocenters. The molecule has 0 spiro atoms. The summed E-state index contributed by atoms with van der Waals surface area (Å²) in [5.74, 6) is 1.06. The highest BCUT2D eigenvalue weighted by Crippen LogP contribution is 2.34. The van der Waals surface area contributed by atoms with Crippen molar-refractivity contribution in [1.29, 1.82) is 0 Å². The summed E-state index contributed by atoms with van der Waals surface area (Å²) in [5.41, 5.74) is 5.37. The van der Waals surface area contributed by atoms with E-state index in [0.717, 1.165) is 24.8 Å². The van der Waals surface area contributed by atoms with E-state index < -0.39 is 0 Å². The number of hydrogen-bond donors (Lipinski definition) is 1. The monoisotopic (exact) mass is 279 g/mol. The maximum absolute atomic E-state index is 5.80. The predicted molar refractivity (Wildman–Crippen MR) is 85.5 cm³/mol. The third kappa shape index (κ3) is 2.68. The van der Waals surface area contributed by atoms with Crippen LogP contribution in [0, 0.1) is 0 Å². The van der Waals surface area contributed by atoms with Crippen LogP contribution in [0.2, 0.25) is 0 Å². The van der Waals surface area contributed by atoms with E-state index in [4.69, 9.17) is 4.74 Å². The minimum atomic E-state index is 0.307. The van der Waals surface area contributed by atoms with Gasteiger partial charge in [0.05, 0.1) is 0 Å². The van der Waals surface area contributed by atoms with Gasteiger partial charge in [-0.2, -0.15) is 0 Å². The van der Waals surface area contributed by atoms with Gasteiger partial charge in [0.15, 0.2) is 0 Å². The molecule has 2 heteroatoms. The first kappa shape index (κ1) is 12.9. The third-order valence-corrected chi connectivity index (χ3v) is 4.38. The lowest BCUT2D eigenvalue weighted by atomic mass is 9.97. The minimum absolute atomic E-state index is 0.307. The molecule has 1 N–H and O–H groups in total. The van der Waals surface area contributed by atoms with Crippen LogP contribution in [0.1, 0.15) is 30.9 Å². The summed E-state index contributed by atoms with van der Waals surface area (Å²) >= 11 is 0. The molecular weight excluding hydrogens is 258 g/mol. The van der Waals surface area contributed by atoms with Gasteiger partial charge in [-0.25, -0.2) is 0 Å². The molecule has 4 rings (SSSR count). The number of ether oxygens (including phenoxy) is 1. The van der Waals surface area contributed by atoms with Gasteiger partial charge >= 0.3 is 0 Å². The fraction of sp³-hybridized carbons (Fsp3) is 0.368. The maximum Gasteiger partial charge on any atom is 0.123 e. The van der Waals surface area contributed by atoms with Crippen molar-refractivity contribution in [2.75, 3.05) is 0 Å². The quantitative estimate of drug-likeness (QED) is 0.915. The van der Waals surface area contributed by atoms with Gasteiger partial charge in [-0.05, 0) is 54.2 Å². The van der Waals surface area contributed by atoms with Gasteiger partial charge in [0, 0.05) is 19.0 Å². The summed E-state index contributed by atoms with van der Waals surface area (Å²) in [4.78, 5) is 0. The van der Waals surface area contributed by atoms with Crippen LogP contribution >= 0.6 is 0 Å². The van der Waals surface area contributed by atoms with E-state index in [1.54, 1.807) is 0 Å². The van der Waals surface area contributed by atoms with Crippen molar-refractivity contribution in [3.63, 3.8) is 0 Å². The third-order valence-electron chi connectivity index (χ3n) is 4.38. The summed E-state index contributed by atoms with van der Waals surface area (Å²) in [6.45, 7) is 3.10. The normalized spacial score (nSPS) is 20.1. The van der Waals surface area contributed by atoms with Crippen molar-refractivity contribution in [3.8, 4) is 16.9 Å². The molecule has 108 valence electrons. The molecule has 1 unspecified atom stereocenters. The number of fused-ring (bicyclic) bond motifs is 1. The molecule has 2 aromatic carbocycles. The van der Waals surface area contributed by atoms with Crippen molar-refractivity contribution in [1.82, 2.24) is 5.32 Å². The Bertz CT molecular complexity index is 660. The highest BCUT2D eigenvalue weighted by atomic mass is 16.5. The van der Waals surface area contributed by atoms with E-state index >= 15 is 0 Å². The van der Waals surface area contributed by atoms with Crippen LogP contribution in [-0.4, -0.2) is 12.1 Å². The van der Waals surface area contributed by atoms with Crippen molar-refractivity contribution in [2.24, 2.45) is 0 Å². The fourth-order valence-corrected chi connectivity index (χ4v) is 3.09. The summed E-state index contributed by atoms with van der Waals surface area (Å²) in [5, 5.41) is 3.62. The second kappa shape index (κ2) is 5.19. The Labute approximate surface area is 126 Å². The zero-order valence-electron chi connectivity index (χ0n) is 12.4. The zero-order valence-corrected chi connectivity index (χ0v) is 12.4. The summed E-state index contributed by atoms with van der Waals surface area (Å²) < 4.78 is 5.80. The highest BCUT2D eigenvalue weighted by molar-refractivity contribution is 5.69. The molecular formula is C19H21NO. The Morgan fingerprint density at radius 3 is 2.86 bits per heavy atom. The van der Waals surface area contributed by atoms with Crippen LogP contribution in [0.15, 0.2) is 42.5 Å². The number of hydrogen-bond acceptors (Lipinski definition) is 2. The molecule has 1 aliphatic carbocycles. The number of benzene rings is 2. The molecule has 1 saturated carbocycles. The predicted octanol–water partition coefficient (Wildman–Crippen LogP) is 3.93. The lowest BCUT2D eigenvalue weighted by Gasteiger charge is -2.11. The van der Waals surface area contributed by atoms with Crippen molar-refractivity contribution in [2.45, 2.75) is 44.9 Å². The lowest BCUT2D eigenvalue weighted by Crippen LogP contribution is -2.15. The first-order valence-electron chi connectivity index (χ1n) is 7.91. The van der Waals surface area contributed by atoms with Crippen molar-refractivity contribution in [3.05, 3.63) is 53.6 Å². The van der Waals surface area contributed by atoms with Crippen molar-refractivity contribution < 1.29 is 4.74 Å². The van der Waals surface area contributed by atoms with E-state index in [0.29, 0.717) is 6.10 Å². The van der Waals surface area contributed by atoms with E-state index in [2.05, 4.69) is 54.7 Å². The second-order valence-electron chi connectivity index (χ2n) is 6.27. The van der Waals surface area contributed by atoms with Gasteiger partial charge in [0.1, 0.15) is 11.9 Å². The number of nitrogens with one attached hydrogen (secondary N) is 1. The SMILES string of the molecule is CC1Cc2cc(-c3ccccc3CNC3CC3)ccc2O1. The van der Waals surface area contributed by atoms with Gasteiger partial charge in [-0.15, -0.1) is 0 Å². The molecule has 0 radical (unpaired) electrons. The Hall–Kier alpha value is -1.80. The number of rotatable bonds is 4. The van der Waals surface area contributed by atoms with E-state index in [9.17, 15) is 0 Å². The molecule has 2 aliphatic rings. The van der Waals surface area contributed by atoms with Crippen molar-refractivity contribution >= 4 is 0 Å². The van der Waals surface area contributed by atoms with Gasteiger partial charge in [0.25, 0.3) is 0 Å². The molecule has 1 heterocycles. The first-order valence-corrected chi connectivity index (χ1v) is 7.91. The molecule has 21 heavy (non-hydrogen) atoms. The van der Waals surface area contributed by atoms with Crippen LogP contribution in [0.25, 0.3) is 11.1 Å². The molecule has 1 fully saturated rings. The van der Waals surface area contributed by atoms with Crippen LogP contribution in [0.4, 0.5) is 0 Å². The smallest absolute Gasteiger partial charge is 0.123 e. The molecule has 0 bridgehead atoms. The van der Waals surface area contributed by atoms with Gasteiger partial charge in [-0.3, -0.25) is 0 Å². The minimum Gasteiger partial charge on any atom is -0.490 e. The molecule has 2 aromatic rings. The summed E-state index contributed by atoms with van der Waals surface area (Å²) in [6.07, 6.45) is 3.99. The Kier molecular flexibility index (Phi) is 3.19. The largest absolute Gasteiger partial charge is 0.490 e. The molecule has 0 saturated heterocycles. The Morgan fingerprint density at radius 1 is 1.14 bits per heavy atom. The van der Waals surface area contributed by atoms with Gasteiger partial charge in [0.2, 0.25) is 0 Å². The van der Waals surface area contributed by atoms with Gasteiger partial charge in [-0.1, -0.05) is 30.3 Å². The fourth-order valence-electron chi connectivity index (χ4n) is 3.09. The maximum atomic E-state index is 5.80. The van der Waals surface area contributed by atoms with Crippen LogP contribution in [0.3, 0.4) is 0 Å². The second-order valence-corrected chi connectivity index (χ2v) is 6.27. The molecule has 2 nitrogen and oxygen atoms in total. The van der Waals surface area contributed by atoms with E-state index in [-0.39, 0.29) is 0 Å². The van der Waals surface area contributed by atoms with E-state index in [1.807, 2.05) is 0 Å². The molecule has 1 aliphatic heterocycles. The lowest BCUT2D eigenvalue weighted by molar-refractivity contribution is 0.254. The zero-order chi connectivity index (χ0) is 14.2. The van der Waals surface area contributed by atoms with E-state index in [1.165, 1.54) is 35.1 Å². The average molecular weight is 279 g/mol. The molecule has 0 aromatic heterocycles. The highest BCUT2D eigenvalue weighted by Gasteiger charge is 2.21. The Morgan fingerprint density at radius 2 is 2.00 bits per heavy atom. The molecule has 0 amide bonds. The Balaban J connectivity index is 1.65. The average Bonchev–Trinajstić information content (AvgIpc) is 3.25. The summed E-state index contributed by atoms with van der Waals surface area (Å²) in [6, 6.07) is 16.1. The van der Waals surface area contributed by atoms with Crippen LogP contribution < -0.4 is 10.1 Å². The first-order chi connectivity index (χ1) is 10.3. The van der Waals surface area contributed by atoms with Gasteiger partial charge < -0.3 is 10.1 Å². The topological polar surface area (TPSA) is 21.3 Å².